The zero-order chi connectivity index (χ0) is 31.7. The van der Waals surface area contributed by atoms with Crippen LogP contribution in [0, 0.1) is 17.2 Å². The van der Waals surface area contributed by atoms with Crippen molar-refractivity contribution >= 4 is 47.3 Å². The van der Waals surface area contributed by atoms with Crippen molar-refractivity contribution in [3.63, 3.8) is 0 Å². The number of carbonyl (C=O) groups is 5. The van der Waals surface area contributed by atoms with Crippen LogP contribution in [0.4, 0.5) is 0 Å². The molecule has 4 aliphatic rings. The Morgan fingerprint density at radius 2 is 2.07 bits per heavy atom. The molecule has 5 heterocycles. The molecule has 238 valence electrons. The van der Waals surface area contributed by atoms with E-state index < -0.39 is 30.0 Å². The molecule has 0 bridgehead atoms. The topological polar surface area (TPSA) is 254 Å². The maximum Gasteiger partial charge on any atom is 0.353 e. The Labute approximate surface area is 256 Å². The molecule has 4 amide bonds. The van der Waals surface area contributed by atoms with Crippen molar-refractivity contribution in [1.82, 2.24) is 51.3 Å². The fourth-order valence-electron chi connectivity index (χ4n) is 6.40. The van der Waals surface area contributed by atoms with Crippen LogP contribution in [0.15, 0.2) is 16.9 Å². The molecule has 44 heavy (non-hydrogen) atoms. The summed E-state index contributed by atoms with van der Waals surface area (Å²) in [6, 6.07) is -1.59. The minimum atomic E-state index is -1.19. The average Bonchev–Trinajstić information content (AvgIpc) is 3.76. The van der Waals surface area contributed by atoms with Crippen molar-refractivity contribution in [2.45, 2.75) is 62.7 Å². The van der Waals surface area contributed by atoms with Gasteiger partial charge in [-0.1, -0.05) is 6.92 Å². The lowest BCUT2D eigenvalue weighted by atomic mass is 9.78. The lowest BCUT2D eigenvalue weighted by Gasteiger charge is -2.47. The summed E-state index contributed by atoms with van der Waals surface area (Å²) in [7, 11) is 0. The maximum absolute atomic E-state index is 13.3. The smallest absolute Gasteiger partial charge is 0.353 e. The van der Waals surface area contributed by atoms with Crippen molar-refractivity contribution in [3.05, 3.63) is 16.9 Å². The Bertz CT molecular complexity index is 1370. The molecule has 8 N–H and O–H groups in total. The highest BCUT2D eigenvalue weighted by Crippen LogP contribution is 2.51. The summed E-state index contributed by atoms with van der Waals surface area (Å²) >= 11 is 1.39. The van der Waals surface area contributed by atoms with Gasteiger partial charge in [0.1, 0.15) is 18.6 Å². The molecule has 0 spiro atoms. The van der Waals surface area contributed by atoms with Crippen molar-refractivity contribution in [2.75, 3.05) is 26.2 Å². The first-order valence-electron chi connectivity index (χ1n) is 14.3. The van der Waals surface area contributed by atoms with Crippen LogP contribution < -0.4 is 27.0 Å². The number of likely N-dealkylation sites (tertiary alicyclic amines) is 1. The van der Waals surface area contributed by atoms with Gasteiger partial charge in [0.05, 0.1) is 24.5 Å². The van der Waals surface area contributed by atoms with Gasteiger partial charge in [-0.3, -0.25) is 24.6 Å². The number of aliphatic carboxylic acids is 1. The van der Waals surface area contributed by atoms with E-state index in [1.54, 1.807) is 11.8 Å². The van der Waals surface area contributed by atoms with Crippen LogP contribution >= 0.6 is 11.8 Å². The van der Waals surface area contributed by atoms with Gasteiger partial charge in [0.15, 0.2) is 5.96 Å². The van der Waals surface area contributed by atoms with Crippen LogP contribution in [-0.4, -0.2) is 126 Å². The highest BCUT2D eigenvalue weighted by atomic mass is 32.2. The maximum atomic E-state index is 13.3. The number of tetrazole rings is 1. The fourth-order valence-corrected chi connectivity index (χ4v) is 7.88. The number of rotatable bonds is 11. The molecule has 0 aliphatic carbocycles. The Morgan fingerprint density at radius 3 is 2.75 bits per heavy atom. The highest BCUT2D eigenvalue weighted by Gasteiger charge is 2.60. The van der Waals surface area contributed by atoms with E-state index in [0.29, 0.717) is 37.4 Å². The molecule has 1 unspecified atom stereocenters. The summed E-state index contributed by atoms with van der Waals surface area (Å²) < 4.78 is 1.26. The SMILES string of the molecule is C[C@@H](NC(=O)Cn1cnnn1)[C@H]1C(=O)N2C(C(=O)O)=C(S[C@@H]3CNC(C(=O)N4CC[C@@H](NC(=O)CNC(=N)N)C4)C3)[C@H](C)[C@H]12. The molecule has 0 saturated carbocycles. The van der Waals surface area contributed by atoms with Crippen molar-refractivity contribution in [2.24, 2.45) is 17.6 Å². The fraction of sp³-hybridized carbons (Fsp3) is 0.640. The second kappa shape index (κ2) is 12.8. The molecular weight excluding hydrogens is 596 g/mol. The highest BCUT2D eigenvalue weighted by molar-refractivity contribution is 8.03. The molecule has 5 rings (SSSR count). The Balaban J connectivity index is 1.15. The van der Waals surface area contributed by atoms with E-state index in [1.165, 1.54) is 27.7 Å². The number of amides is 4. The van der Waals surface area contributed by atoms with Crippen LogP contribution in [0.3, 0.4) is 0 Å². The van der Waals surface area contributed by atoms with E-state index in [0.717, 1.165) is 0 Å². The second-order valence-corrected chi connectivity index (χ2v) is 12.8. The van der Waals surface area contributed by atoms with Gasteiger partial charge < -0.3 is 41.9 Å². The number of nitrogens with two attached hydrogens (primary N) is 1. The number of aromatic nitrogens is 4. The van der Waals surface area contributed by atoms with E-state index >= 15 is 0 Å². The van der Waals surface area contributed by atoms with Gasteiger partial charge in [-0.25, -0.2) is 9.48 Å². The Kier molecular flexibility index (Phi) is 9.05. The normalized spacial score (nSPS) is 28.4. The quantitative estimate of drug-likeness (QED) is 0.0715. The monoisotopic (exact) mass is 632 g/mol. The molecular formula is C25H36N12O6S. The molecule has 1 aromatic rings. The van der Waals surface area contributed by atoms with Crippen LogP contribution in [0.5, 0.6) is 0 Å². The third kappa shape index (κ3) is 6.33. The number of hydrogen-bond acceptors (Lipinski definition) is 11. The van der Waals surface area contributed by atoms with E-state index in [-0.39, 0.29) is 65.6 Å². The third-order valence-corrected chi connectivity index (χ3v) is 9.91. The predicted molar refractivity (Wildman–Crippen MR) is 154 cm³/mol. The molecule has 3 saturated heterocycles. The average molecular weight is 633 g/mol. The molecule has 18 nitrogen and oxygen atoms in total. The zero-order valence-corrected chi connectivity index (χ0v) is 25.0. The summed E-state index contributed by atoms with van der Waals surface area (Å²) in [5.74, 6) is -3.46. The van der Waals surface area contributed by atoms with E-state index in [9.17, 15) is 29.1 Å². The first-order chi connectivity index (χ1) is 20.9. The predicted octanol–water partition coefficient (Wildman–Crippen LogP) is -3.39. The molecule has 19 heteroatoms. The van der Waals surface area contributed by atoms with Gasteiger partial charge in [0.25, 0.3) is 0 Å². The zero-order valence-electron chi connectivity index (χ0n) is 24.2. The number of fused-ring (bicyclic) bond motifs is 1. The summed E-state index contributed by atoms with van der Waals surface area (Å²) in [4.78, 5) is 66.9. The van der Waals surface area contributed by atoms with Gasteiger partial charge in [-0.05, 0) is 30.2 Å². The number of β-lactam (4-membered cyclic amide) rings is 1. The van der Waals surface area contributed by atoms with E-state index in [2.05, 4.69) is 36.8 Å². The molecule has 0 radical (unpaired) electrons. The largest absolute Gasteiger partial charge is 0.477 e. The van der Waals surface area contributed by atoms with Gasteiger partial charge in [-0.15, -0.1) is 16.9 Å². The summed E-state index contributed by atoms with van der Waals surface area (Å²) in [5, 5.41) is 39.1. The number of nitrogens with one attached hydrogen (secondary N) is 5. The van der Waals surface area contributed by atoms with Crippen molar-refractivity contribution in [1.29, 1.82) is 5.41 Å². The summed E-state index contributed by atoms with van der Waals surface area (Å²) in [6.07, 6.45) is 2.40. The Morgan fingerprint density at radius 1 is 1.30 bits per heavy atom. The molecule has 4 aliphatic heterocycles. The number of nitrogens with zero attached hydrogens (tertiary/aromatic N) is 6. The van der Waals surface area contributed by atoms with Crippen LogP contribution in [0.25, 0.3) is 0 Å². The molecule has 1 aromatic heterocycles. The van der Waals surface area contributed by atoms with Gasteiger partial charge >= 0.3 is 5.97 Å². The Hall–Kier alpha value is -4.26. The lowest BCUT2D eigenvalue weighted by Crippen LogP contribution is -2.66. The van der Waals surface area contributed by atoms with Crippen LogP contribution in [0.1, 0.15) is 26.7 Å². The minimum absolute atomic E-state index is 0.0341. The first-order valence-corrected chi connectivity index (χ1v) is 15.2. The minimum Gasteiger partial charge on any atom is -0.477 e. The first kappa shape index (κ1) is 31.2. The standard InChI is InChI=1S/C25H36N12O6S/c1-11-19-18(12(2)31-17(39)9-36-10-30-33-34-36)23(41)37(19)20(24(42)43)21(11)44-14-5-15(28-6-14)22(40)35-4-3-13(8-35)32-16(38)7-29-25(26)27/h10-15,18-19,28H,3-9H2,1-2H3,(H,31,39)(H,32,38)(H,42,43)(H4,26,27,29)/t11-,12-,13-,14+,15?,18-,19-/m1/s1. The van der Waals surface area contributed by atoms with E-state index in [4.69, 9.17) is 11.1 Å². The molecule has 7 atom stereocenters. The second-order valence-electron chi connectivity index (χ2n) is 11.4. The summed E-state index contributed by atoms with van der Waals surface area (Å²) in [5.41, 5.74) is 5.18. The van der Waals surface area contributed by atoms with Gasteiger partial charge in [0, 0.05) is 47.8 Å². The molecule has 3 fully saturated rings. The van der Waals surface area contributed by atoms with Gasteiger partial charge in [-0.2, -0.15) is 0 Å². The number of carbonyl (C=O) groups excluding carboxylic acids is 4. The number of carboxylic acid groups (broad SMARTS) is 1. The lowest BCUT2D eigenvalue weighted by molar-refractivity contribution is -0.158. The number of hydrogen-bond donors (Lipinski definition) is 7. The number of guanidine groups is 1. The third-order valence-electron chi connectivity index (χ3n) is 8.40. The van der Waals surface area contributed by atoms with Gasteiger partial charge in [0.2, 0.25) is 23.6 Å². The molecule has 0 aromatic carbocycles. The summed E-state index contributed by atoms with van der Waals surface area (Å²) in [6.45, 7) is 4.75. The van der Waals surface area contributed by atoms with Crippen molar-refractivity contribution in [3.8, 4) is 0 Å². The van der Waals surface area contributed by atoms with Crippen LogP contribution in [0.2, 0.25) is 0 Å². The van der Waals surface area contributed by atoms with Crippen molar-refractivity contribution < 1.29 is 29.1 Å². The van der Waals surface area contributed by atoms with Crippen LogP contribution in [-0.2, 0) is 30.5 Å². The number of carboxylic acids is 1. The number of thioether (sulfide) groups is 1. The van der Waals surface area contributed by atoms with E-state index in [1.807, 2.05) is 6.92 Å².